The summed E-state index contributed by atoms with van der Waals surface area (Å²) in [5.41, 5.74) is 2.09. The van der Waals surface area contributed by atoms with Crippen molar-refractivity contribution in [3.63, 3.8) is 0 Å². The van der Waals surface area contributed by atoms with Crippen molar-refractivity contribution in [2.75, 3.05) is 16.9 Å². The molecule has 2 aromatic carbocycles. The van der Waals surface area contributed by atoms with Gasteiger partial charge in [-0.1, -0.05) is 12.1 Å². The van der Waals surface area contributed by atoms with Crippen molar-refractivity contribution < 1.29 is 17.9 Å². The van der Waals surface area contributed by atoms with Gasteiger partial charge in [-0.2, -0.15) is 10.1 Å². The minimum absolute atomic E-state index is 0.0337. The molecule has 1 aliphatic rings. The lowest BCUT2D eigenvalue weighted by molar-refractivity contribution is -0.114. The Balaban J connectivity index is 1.82. The number of amides is 1. The summed E-state index contributed by atoms with van der Waals surface area (Å²) >= 11 is 0. The van der Waals surface area contributed by atoms with Gasteiger partial charge in [-0.05, 0) is 50.2 Å². The zero-order valence-electron chi connectivity index (χ0n) is 15.4. The topological polar surface area (TPSA) is 114 Å². The maximum absolute atomic E-state index is 12.8. The molecule has 0 spiro atoms. The number of nitrogens with one attached hydrogen (secondary N) is 1. The van der Waals surface area contributed by atoms with E-state index in [-0.39, 0.29) is 10.8 Å². The second-order valence-corrected chi connectivity index (χ2v) is 7.53. The average molecular weight is 400 g/mol. The number of benzene rings is 2. The number of nitrogens with zero attached hydrogens (tertiary/aromatic N) is 2. The Morgan fingerprint density at radius 3 is 2.50 bits per heavy atom. The molecule has 0 aliphatic carbocycles. The summed E-state index contributed by atoms with van der Waals surface area (Å²) in [6.07, 6.45) is 1.58. The first-order valence-corrected chi connectivity index (χ1v) is 10.1. The Kier molecular flexibility index (Phi) is 5.48. The summed E-state index contributed by atoms with van der Waals surface area (Å²) in [6, 6.07) is 13.0. The van der Waals surface area contributed by atoms with E-state index < -0.39 is 10.0 Å². The number of nitrogens with two attached hydrogens (primary N) is 1. The molecule has 1 aliphatic heterocycles. The van der Waals surface area contributed by atoms with Crippen LogP contribution in [0.4, 0.5) is 11.4 Å². The zero-order valence-corrected chi connectivity index (χ0v) is 16.2. The molecular weight excluding hydrogens is 380 g/mol. The summed E-state index contributed by atoms with van der Waals surface area (Å²) in [5.74, 6) is 0.347. The van der Waals surface area contributed by atoms with Gasteiger partial charge in [0.25, 0.3) is 5.91 Å². The second-order valence-electron chi connectivity index (χ2n) is 5.97. The Morgan fingerprint density at radius 2 is 1.86 bits per heavy atom. The fraction of sp³-hybridized carbons (Fsp3) is 0.158. The van der Waals surface area contributed by atoms with E-state index in [9.17, 15) is 13.2 Å². The van der Waals surface area contributed by atoms with Gasteiger partial charge >= 0.3 is 0 Å². The molecule has 0 radical (unpaired) electrons. The van der Waals surface area contributed by atoms with Crippen molar-refractivity contribution in [1.82, 2.24) is 0 Å². The number of primary sulfonamides is 1. The third-order valence-corrected chi connectivity index (χ3v) is 4.96. The number of sulfonamides is 1. The molecule has 0 aromatic heterocycles. The van der Waals surface area contributed by atoms with Gasteiger partial charge in [0.15, 0.2) is 0 Å². The molecule has 0 saturated heterocycles. The summed E-state index contributed by atoms with van der Waals surface area (Å²) in [5, 5.41) is 13.7. The van der Waals surface area contributed by atoms with Gasteiger partial charge in [-0.15, -0.1) is 0 Å². The first-order valence-electron chi connectivity index (χ1n) is 8.52. The number of rotatable bonds is 6. The molecule has 9 heteroatoms. The van der Waals surface area contributed by atoms with E-state index >= 15 is 0 Å². The van der Waals surface area contributed by atoms with Gasteiger partial charge in [0.2, 0.25) is 10.0 Å². The predicted octanol–water partition coefficient (Wildman–Crippen LogP) is 2.45. The highest BCUT2D eigenvalue weighted by molar-refractivity contribution is 7.89. The van der Waals surface area contributed by atoms with E-state index in [2.05, 4.69) is 10.4 Å². The maximum atomic E-state index is 12.8. The van der Waals surface area contributed by atoms with E-state index in [1.165, 1.54) is 29.3 Å². The van der Waals surface area contributed by atoms with Crippen LogP contribution in [-0.4, -0.2) is 26.6 Å². The maximum Gasteiger partial charge on any atom is 0.282 e. The van der Waals surface area contributed by atoms with Gasteiger partial charge in [0.1, 0.15) is 5.75 Å². The minimum Gasteiger partial charge on any atom is -0.492 e. The second kappa shape index (κ2) is 7.83. The predicted molar refractivity (Wildman–Crippen MR) is 108 cm³/mol. The van der Waals surface area contributed by atoms with Gasteiger partial charge in [-0.3, -0.25) is 4.79 Å². The lowest BCUT2D eigenvalue weighted by Gasteiger charge is -2.12. The monoisotopic (exact) mass is 400 g/mol. The highest BCUT2D eigenvalue weighted by atomic mass is 32.2. The van der Waals surface area contributed by atoms with Gasteiger partial charge in [0.05, 0.1) is 34.2 Å². The van der Waals surface area contributed by atoms with E-state index in [0.717, 1.165) is 5.69 Å². The van der Waals surface area contributed by atoms with Crippen molar-refractivity contribution >= 4 is 33.0 Å². The fourth-order valence-electron chi connectivity index (χ4n) is 2.65. The highest BCUT2D eigenvalue weighted by Gasteiger charge is 2.29. The molecule has 28 heavy (non-hydrogen) atoms. The number of anilines is 2. The summed E-state index contributed by atoms with van der Waals surface area (Å²) in [6.45, 7) is 4.14. The first-order chi connectivity index (χ1) is 13.3. The SMILES string of the molecule is CCOc1ccccc1N/C=C1\C(=O)N(c2ccc(S(N)(=O)=O)cc2)N=C1C. The van der Waals surface area contributed by atoms with Crippen LogP contribution in [0.2, 0.25) is 0 Å². The normalized spacial score (nSPS) is 15.7. The van der Waals surface area contributed by atoms with Crippen molar-refractivity contribution in [1.29, 1.82) is 0 Å². The molecule has 1 amide bonds. The Bertz CT molecular complexity index is 1060. The molecule has 2 aromatic rings. The first kappa shape index (κ1) is 19.6. The van der Waals surface area contributed by atoms with E-state index in [4.69, 9.17) is 9.88 Å². The number of para-hydroxylation sites is 2. The van der Waals surface area contributed by atoms with Crippen LogP contribution in [0.15, 0.2) is 70.3 Å². The molecule has 146 valence electrons. The van der Waals surface area contributed by atoms with Gasteiger partial charge in [0, 0.05) is 6.20 Å². The molecule has 1 heterocycles. The van der Waals surface area contributed by atoms with Crippen LogP contribution >= 0.6 is 0 Å². The molecule has 3 N–H and O–H groups in total. The van der Waals surface area contributed by atoms with Crippen LogP contribution in [0.3, 0.4) is 0 Å². The third kappa shape index (κ3) is 4.05. The van der Waals surface area contributed by atoms with Crippen LogP contribution in [0.5, 0.6) is 5.75 Å². The van der Waals surface area contributed by atoms with E-state index in [1.54, 1.807) is 13.1 Å². The molecule has 0 saturated carbocycles. The quantitative estimate of drug-likeness (QED) is 0.723. The number of hydrazone groups is 1. The Labute approximate surface area is 163 Å². The number of hydrogen-bond donors (Lipinski definition) is 2. The third-order valence-electron chi connectivity index (χ3n) is 4.03. The fourth-order valence-corrected chi connectivity index (χ4v) is 3.17. The Morgan fingerprint density at radius 1 is 1.18 bits per heavy atom. The highest BCUT2D eigenvalue weighted by Crippen LogP contribution is 2.27. The Hall–Kier alpha value is -3.17. The molecule has 3 rings (SSSR count). The summed E-state index contributed by atoms with van der Waals surface area (Å²) in [4.78, 5) is 12.7. The standard InChI is InChI=1S/C19H20N4O4S/c1-3-27-18-7-5-4-6-17(18)21-12-16-13(2)22-23(19(16)24)14-8-10-15(11-9-14)28(20,25)26/h4-12,21H,3H2,1-2H3,(H2,20,25,26)/b16-12-. The summed E-state index contributed by atoms with van der Waals surface area (Å²) < 4.78 is 28.3. The zero-order chi connectivity index (χ0) is 20.3. The van der Waals surface area contributed by atoms with Crippen molar-refractivity contribution in [2.45, 2.75) is 18.7 Å². The summed E-state index contributed by atoms with van der Waals surface area (Å²) in [7, 11) is -3.80. The number of carbonyl (C=O) groups is 1. The number of ether oxygens (including phenoxy) is 1. The molecule has 8 nitrogen and oxygen atoms in total. The molecular formula is C19H20N4O4S. The molecule has 0 bridgehead atoms. The number of hydrogen-bond acceptors (Lipinski definition) is 6. The van der Waals surface area contributed by atoms with Gasteiger partial charge in [-0.25, -0.2) is 13.6 Å². The van der Waals surface area contributed by atoms with Gasteiger partial charge < -0.3 is 10.1 Å². The largest absolute Gasteiger partial charge is 0.492 e. The lowest BCUT2D eigenvalue weighted by atomic mass is 10.2. The average Bonchev–Trinajstić information content (AvgIpc) is 2.95. The molecule has 0 atom stereocenters. The van der Waals surface area contributed by atoms with Crippen LogP contribution in [-0.2, 0) is 14.8 Å². The van der Waals surface area contributed by atoms with Crippen LogP contribution < -0.4 is 20.2 Å². The minimum atomic E-state index is -3.80. The van der Waals surface area contributed by atoms with Crippen LogP contribution in [0, 0.1) is 0 Å². The van der Waals surface area contributed by atoms with Crippen LogP contribution in [0.25, 0.3) is 0 Å². The number of carbonyl (C=O) groups excluding carboxylic acids is 1. The smallest absolute Gasteiger partial charge is 0.282 e. The van der Waals surface area contributed by atoms with Crippen molar-refractivity contribution in [3.8, 4) is 5.75 Å². The van der Waals surface area contributed by atoms with E-state index in [0.29, 0.717) is 29.3 Å². The molecule has 0 fully saturated rings. The van der Waals surface area contributed by atoms with Crippen molar-refractivity contribution in [2.24, 2.45) is 10.2 Å². The lowest BCUT2D eigenvalue weighted by Crippen LogP contribution is -2.22. The molecule has 0 unspecified atom stereocenters. The van der Waals surface area contributed by atoms with E-state index in [1.807, 2.05) is 31.2 Å². The van der Waals surface area contributed by atoms with Crippen LogP contribution in [0.1, 0.15) is 13.8 Å². The van der Waals surface area contributed by atoms with Crippen molar-refractivity contribution in [3.05, 3.63) is 60.3 Å².